The fraction of sp³-hybridized carbons (Fsp3) is 0.0800. The van der Waals surface area contributed by atoms with Crippen LogP contribution in [0.2, 0.25) is 0 Å². The zero-order valence-corrected chi connectivity index (χ0v) is 18.8. The molecule has 0 spiro atoms. The number of ether oxygens (including phenoxy) is 1. The van der Waals surface area contributed by atoms with Crippen LogP contribution in [0.25, 0.3) is 16.6 Å². The fourth-order valence-corrected chi connectivity index (χ4v) is 4.10. The van der Waals surface area contributed by atoms with E-state index in [9.17, 15) is 14.4 Å². The maximum atomic E-state index is 13.3. The van der Waals surface area contributed by atoms with Crippen molar-refractivity contribution in [2.75, 3.05) is 18.2 Å². The molecule has 0 saturated carbocycles. The molecule has 1 aromatic heterocycles. The van der Waals surface area contributed by atoms with Crippen LogP contribution >= 0.6 is 11.8 Å². The minimum atomic E-state index is -0.503. The van der Waals surface area contributed by atoms with Gasteiger partial charge in [0.2, 0.25) is 5.91 Å². The molecule has 0 radical (unpaired) electrons. The lowest BCUT2D eigenvalue weighted by atomic mass is 10.2. The maximum absolute atomic E-state index is 13.3. The molecule has 0 bridgehead atoms. The van der Waals surface area contributed by atoms with Crippen molar-refractivity contribution in [1.82, 2.24) is 9.55 Å². The lowest BCUT2D eigenvalue weighted by molar-refractivity contribution is -0.113. The number of nitrogens with zero attached hydrogens (tertiary/aromatic N) is 3. The first-order valence-electron chi connectivity index (χ1n) is 10.1. The number of nitriles is 1. The van der Waals surface area contributed by atoms with E-state index in [1.165, 1.54) is 17.7 Å². The van der Waals surface area contributed by atoms with E-state index in [1.807, 2.05) is 0 Å². The average Bonchev–Trinajstić information content (AvgIpc) is 2.87. The summed E-state index contributed by atoms with van der Waals surface area (Å²) in [5.74, 6) is -0.859. The van der Waals surface area contributed by atoms with Gasteiger partial charge in [-0.25, -0.2) is 9.78 Å². The number of hydrogen-bond acceptors (Lipinski definition) is 7. The van der Waals surface area contributed by atoms with E-state index in [1.54, 1.807) is 66.7 Å². The topological polar surface area (TPSA) is 114 Å². The van der Waals surface area contributed by atoms with Gasteiger partial charge in [0.1, 0.15) is 0 Å². The van der Waals surface area contributed by atoms with Crippen molar-refractivity contribution in [1.29, 1.82) is 5.26 Å². The number of carbonyl (C=O) groups excluding carboxylic acids is 2. The summed E-state index contributed by atoms with van der Waals surface area (Å²) in [5, 5.41) is 12.6. The quantitative estimate of drug-likeness (QED) is 0.259. The molecule has 4 rings (SSSR count). The van der Waals surface area contributed by atoms with E-state index in [2.05, 4.69) is 16.4 Å². The Morgan fingerprint density at radius 3 is 2.59 bits per heavy atom. The molecule has 0 aliphatic carbocycles. The lowest BCUT2D eigenvalue weighted by Gasteiger charge is -2.13. The number of methoxy groups -OCH3 is 1. The minimum absolute atomic E-state index is 0.0243. The molecule has 0 aliphatic rings. The molecule has 34 heavy (non-hydrogen) atoms. The standard InChI is InChI=1S/C25H18N4O4S/c1-33-24(32)17-5-4-6-18(13-17)27-22(30)15-34-25-28-21-8-3-2-7-20(21)23(31)29(25)19-11-9-16(14-26)10-12-19/h2-13H,15H2,1H3,(H,27,30). The van der Waals surface area contributed by atoms with Gasteiger partial charge in [-0.05, 0) is 54.6 Å². The van der Waals surface area contributed by atoms with Gasteiger partial charge < -0.3 is 10.1 Å². The van der Waals surface area contributed by atoms with Crippen LogP contribution in [0, 0.1) is 11.3 Å². The molecule has 1 N–H and O–H groups in total. The number of aromatic nitrogens is 2. The Hall–Kier alpha value is -4.42. The van der Waals surface area contributed by atoms with Gasteiger partial charge in [-0.1, -0.05) is 30.0 Å². The van der Waals surface area contributed by atoms with Crippen molar-refractivity contribution in [3.8, 4) is 11.8 Å². The molecule has 0 atom stereocenters. The number of benzene rings is 3. The highest BCUT2D eigenvalue weighted by Gasteiger charge is 2.15. The molecular weight excluding hydrogens is 452 g/mol. The number of carbonyl (C=O) groups is 2. The smallest absolute Gasteiger partial charge is 0.337 e. The number of amides is 1. The summed E-state index contributed by atoms with van der Waals surface area (Å²) in [6.07, 6.45) is 0. The van der Waals surface area contributed by atoms with Crippen LogP contribution in [-0.2, 0) is 9.53 Å². The van der Waals surface area contributed by atoms with Crippen molar-refractivity contribution in [3.05, 3.63) is 94.3 Å². The average molecular weight is 471 g/mol. The summed E-state index contributed by atoms with van der Waals surface area (Å²) >= 11 is 1.11. The van der Waals surface area contributed by atoms with E-state index in [0.29, 0.717) is 38.6 Å². The third-order valence-electron chi connectivity index (χ3n) is 4.90. The third kappa shape index (κ3) is 4.82. The number of thioether (sulfide) groups is 1. The van der Waals surface area contributed by atoms with Gasteiger partial charge in [-0.3, -0.25) is 14.2 Å². The number of hydrogen-bond donors (Lipinski definition) is 1. The number of fused-ring (bicyclic) bond motifs is 1. The first-order chi connectivity index (χ1) is 16.5. The van der Waals surface area contributed by atoms with Gasteiger partial charge in [0, 0.05) is 5.69 Å². The van der Waals surface area contributed by atoms with Crippen molar-refractivity contribution in [2.24, 2.45) is 0 Å². The van der Waals surface area contributed by atoms with Gasteiger partial charge in [-0.15, -0.1) is 0 Å². The maximum Gasteiger partial charge on any atom is 0.337 e. The number of esters is 1. The minimum Gasteiger partial charge on any atom is -0.465 e. The Morgan fingerprint density at radius 2 is 1.85 bits per heavy atom. The predicted molar refractivity (Wildman–Crippen MR) is 129 cm³/mol. The first kappa shape index (κ1) is 22.8. The van der Waals surface area contributed by atoms with Crippen LogP contribution < -0.4 is 10.9 Å². The van der Waals surface area contributed by atoms with Crippen LogP contribution in [0.15, 0.2) is 82.7 Å². The summed E-state index contributed by atoms with van der Waals surface area (Å²) in [4.78, 5) is 42.2. The lowest BCUT2D eigenvalue weighted by Crippen LogP contribution is -2.23. The van der Waals surface area contributed by atoms with Crippen LogP contribution in [0.5, 0.6) is 0 Å². The van der Waals surface area contributed by atoms with E-state index in [0.717, 1.165) is 11.8 Å². The molecule has 0 saturated heterocycles. The van der Waals surface area contributed by atoms with Crippen LogP contribution in [0.1, 0.15) is 15.9 Å². The van der Waals surface area contributed by atoms with Crippen molar-refractivity contribution < 1.29 is 14.3 Å². The second kappa shape index (κ2) is 10.0. The third-order valence-corrected chi connectivity index (χ3v) is 5.84. The van der Waals surface area contributed by atoms with E-state index in [-0.39, 0.29) is 17.2 Å². The molecule has 0 unspecified atom stereocenters. The molecule has 3 aromatic carbocycles. The second-order valence-corrected chi connectivity index (χ2v) is 8.06. The zero-order valence-electron chi connectivity index (χ0n) is 18.0. The molecule has 0 aliphatic heterocycles. The van der Waals surface area contributed by atoms with Crippen LogP contribution in [0.4, 0.5) is 5.69 Å². The number of para-hydroxylation sites is 1. The van der Waals surface area contributed by atoms with Crippen molar-refractivity contribution >= 4 is 40.2 Å². The molecule has 168 valence electrons. The SMILES string of the molecule is COC(=O)c1cccc(NC(=O)CSc2nc3ccccc3c(=O)n2-c2ccc(C#N)cc2)c1. The van der Waals surface area contributed by atoms with Crippen molar-refractivity contribution in [3.63, 3.8) is 0 Å². The molecule has 8 nitrogen and oxygen atoms in total. The highest BCUT2D eigenvalue weighted by atomic mass is 32.2. The Balaban J connectivity index is 1.62. The molecule has 1 heterocycles. The van der Waals surface area contributed by atoms with Gasteiger partial charge in [-0.2, -0.15) is 5.26 Å². The summed E-state index contributed by atoms with van der Waals surface area (Å²) in [6.45, 7) is 0. The molecule has 9 heteroatoms. The van der Waals surface area contributed by atoms with Crippen LogP contribution in [-0.4, -0.2) is 34.3 Å². The van der Waals surface area contributed by atoms with Gasteiger partial charge in [0.25, 0.3) is 5.56 Å². The summed E-state index contributed by atoms with van der Waals surface area (Å²) < 4.78 is 6.13. The molecule has 4 aromatic rings. The van der Waals surface area contributed by atoms with Crippen LogP contribution in [0.3, 0.4) is 0 Å². The first-order valence-corrected chi connectivity index (χ1v) is 11.1. The number of rotatable bonds is 6. The molecular formula is C25H18N4O4S. The normalized spacial score (nSPS) is 10.5. The monoisotopic (exact) mass is 470 g/mol. The second-order valence-electron chi connectivity index (χ2n) is 7.12. The zero-order chi connectivity index (χ0) is 24.1. The van der Waals surface area contributed by atoms with E-state index in [4.69, 9.17) is 10.00 Å². The highest BCUT2D eigenvalue weighted by molar-refractivity contribution is 7.99. The number of anilines is 1. The van der Waals surface area contributed by atoms with Gasteiger partial charge in [0.05, 0.1) is 46.6 Å². The summed E-state index contributed by atoms with van der Waals surface area (Å²) in [6, 6.07) is 22.0. The fourth-order valence-electron chi connectivity index (χ4n) is 3.29. The Morgan fingerprint density at radius 1 is 1.09 bits per heavy atom. The Kier molecular flexibility index (Phi) is 6.71. The molecule has 1 amide bonds. The predicted octanol–water partition coefficient (Wildman–Crippen LogP) is 3.77. The van der Waals surface area contributed by atoms with E-state index < -0.39 is 5.97 Å². The summed E-state index contributed by atoms with van der Waals surface area (Å²) in [5.41, 5.74) is 2.02. The Labute approximate surface area is 198 Å². The van der Waals surface area contributed by atoms with E-state index >= 15 is 0 Å². The Bertz CT molecular complexity index is 1490. The van der Waals surface area contributed by atoms with Crippen molar-refractivity contribution in [2.45, 2.75) is 5.16 Å². The van der Waals surface area contributed by atoms with Gasteiger partial charge >= 0.3 is 5.97 Å². The largest absolute Gasteiger partial charge is 0.465 e. The summed E-state index contributed by atoms with van der Waals surface area (Å²) in [7, 11) is 1.29. The van der Waals surface area contributed by atoms with Gasteiger partial charge in [0.15, 0.2) is 5.16 Å². The highest BCUT2D eigenvalue weighted by Crippen LogP contribution is 2.22. The number of nitrogens with one attached hydrogen (secondary N) is 1. The molecule has 0 fully saturated rings.